The van der Waals surface area contributed by atoms with Gasteiger partial charge in [0.2, 0.25) is 0 Å². The van der Waals surface area contributed by atoms with Gasteiger partial charge in [0.25, 0.3) is 11.5 Å². The molecule has 4 rings (SSSR count). The lowest BCUT2D eigenvalue weighted by atomic mass is 10.0. The van der Waals surface area contributed by atoms with Crippen LogP contribution in [0.4, 0.5) is 32.0 Å². The number of carbonyl (C=O) groups excluding carboxylic acids is 1. The second-order valence-corrected chi connectivity index (χ2v) is 8.35. The fourth-order valence-corrected chi connectivity index (χ4v) is 4.06. The quantitative estimate of drug-likeness (QED) is 0.453. The number of benzene rings is 2. The van der Waals surface area contributed by atoms with Gasteiger partial charge in [-0.2, -0.15) is 36.1 Å². The number of anilines is 1. The minimum Gasteiger partial charge on any atom is -0.365 e. The van der Waals surface area contributed by atoms with Crippen molar-refractivity contribution in [1.82, 2.24) is 14.7 Å². The second kappa shape index (κ2) is 9.49. The Kier molecular flexibility index (Phi) is 6.74. The third-order valence-electron chi connectivity index (χ3n) is 5.64. The number of piperazine rings is 1. The molecule has 13 heteroatoms. The number of nitrogens with zero attached hydrogens (tertiary/aromatic N) is 4. The smallest absolute Gasteiger partial charge is 0.365 e. The molecule has 0 aliphatic carbocycles. The Bertz CT molecular complexity index is 1300. The molecule has 0 spiro atoms. The van der Waals surface area contributed by atoms with Gasteiger partial charge in [-0.1, -0.05) is 29.8 Å². The topological polar surface area (TPSA) is 58.4 Å². The zero-order valence-corrected chi connectivity index (χ0v) is 19.0. The summed E-state index contributed by atoms with van der Waals surface area (Å²) in [5, 5.41) is 4.03. The molecule has 1 aliphatic rings. The van der Waals surface area contributed by atoms with Crippen LogP contribution in [0.3, 0.4) is 0 Å². The average Bonchev–Trinajstić information content (AvgIpc) is 2.84. The van der Waals surface area contributed by atoms with Gasteiger partial charge < -0.3 is 9.80 Å². The van der Waals surface area contributed by atoms with E-state index in [4.69, 9.17) is 11.6 Å². The molecule has 1 aliphatic heterocycles. The Balaban J connectivity index is 1.53. The van der Waals surface area contributed by atoms with Gasteiger partial charge in [0.1, 0.15) is 5.02 Å². The van der Waals surface area contributed by atoms with Crippen LogP contribution < -0.4 is 10.5 Å². The standard InChI is InChI=1S/C23H17ClF6N4O2/c24-19-18(13-31-34(21(19)36)17-4-2-1-3-5-17)32-6-8-33(9-7-32)20(35)14-10-15(22(25,26)27)12-16(11-14)23(28,29)30/h1-5,10-13H,6-9H2. The van der Waals surface area contributed by atoms with Gasteiger partial charge in [-0.3, -0.25) is 9.59 Å². The van der Waals surface area contributed by atoms with E-state index in [-0.39, 0.29) is 37.3 Å². The minimum atomic E-state index is -5.06. The van der Waals surface area contributed by atoms with Gasteiger partial charge in [0, 0.05) is 31.7 Å². The number of aromatic nitrogens is 2. The third kappa shape index (κ3) is 5.18. The monoisotopic (exact) mass is 530 g/mol. The predicted octanol–water partition coefficient (Wildman–Crippen LogP) is 4.89. The van der Waals surface area contributed by atoms with Gasteiger partial charge in [0.15, 0.2) is 0 Å². The minimum absolute atomic E-state index is 0.0193. The third-order valence-corrected chi connectivity index (χ3v) is 6.00. The summed E-state index contributed by atoms with van der Waals surface area (Å²) in [5.74, 6) is -0.963. The Morgan fingerprint density at radius 2 is 1.42 bits per heavy atom. The van der Waals surface area contributed by atoms with Crippen LogP contribution in [-0.4, -0.2) is 46.8 Å². The fourth-order valence-electron chi connectivity index (χ4n) is 3.81. The van der Waals surface area contributed by atoms with Crippen molar-refractivity contribution in [2.45, 2.75) is 12.4 Å². The highest BCUT2D eigenvalue weighted by Crippen LogP contribution is 2.36. The summed E-state index contributed by atoms with van der Waals surface area (Å²) < 4.78 is 80.0. The Labute approximate surface area is 205 Å². The van der Waals surface area contributed by atoms with E-state index in [0.717, 1.165) is 9.58 Å². The van der Waals surface area contributed by atoms with Gasteiger partial charge >= 0.3 is 12.4 Å². The van der Waals surface area contributed by atoms with Crippen molar-refractivity contribution >= 4 is 23.2 Å². The molecule has 0 bridgehead atoms. The van der Waals surface area contributed by atoms with Gasteiger partial charge in [-0.15, -0.1) is 0 Å². The zero-order chi connectivity index (χ0) is 26.3. The van der Waals surface area contributed by atoms with E-state index in [1.54, 1.807) is 35.2 Å². The summed E-state index contributed by atoms with van der Waals surface area (Å²) in [4.78, 5) is 28.3. The summed E-state index contributed by atoms with van der Waals surface area (Å²) in [6.45, 7) is 0.225. The zero-order valence-electron chi connectivity index (χ0n) is 18.3. The van der Waals surface area contributed by atoms with Crippen LogP contribution in [0.5, 0.6) is 0 Å². The molecule has 1 amide bonds. The van der Waals surface area contributed by atoms with Crippen LogP contribution in [0, 0.1) is 0 Å². The maximum Gasteiger partial charge on any atom is 0.416 e. The van der Waals surface area contributed by atoms with Gasteiger partial charge in [0.05, 0.1) is 28.7 Å². The van der Waals surface area contributed by atoms with Crippen LogP contribution >= 0.6 is 11.6 Å². The van der Waals surface area contributed by atoms with Crippen LogP contribution in [0.1, 0.15) is 21.5 Å². The van der Waals surface area contributed by atoms with Crippen molar-refractivity contribution < 1.29 is 31.1 Å². The molecule has 0 unspecified atom stereocenters. The summed E-state index contributed by atoms with van der Waals surface area (Å²) in [6, 6.07) is 9.37. The number of amides is 1. The van der Waals surface area contributed by atoms with Crippen molar-refractivity contribution in [2.75, 3.05) is 31.1 Å². The summed E-state index contributed by atoms with van der Waals surface area (Å²) in [7, 11) is 0. The number of hydrogen-bond donors (Lipinski definition) is 0. The molecular formula is C23H17ClF6N4O2. The van der Waals surface area contributed by atoms with Crippen molar-refractivity contribution in [3.8, 4) is 5.69 Å². The van der Waals surface area contributed by atoms with Crippen molar-refractivity contribution in [3.05, 3.63) is 86.8 Å². The summed E-state index contributed by atoms with van der Waals surface area (Å²) in [5.41, 5.74) is -3.59. The SMILES string of the molecule is O=C(c1cc(C(F)(F)F)cc(C(F)(F)F)c1)N1CCN(c2cnn(-c3ccccc3)c(=O)c2Cl)CC1. The number of alkyl halides is 6. The van der Waals surface area contributed by atoms with E-state index in [0.29, 0.717) is 23.5 Å². The molecule has 6 nitrogen and oxygen atoms in total. The Morgan fingerprint density at radius 1 is 0.861 bits per heavy atom. The molecular weight excluding hydrogens is 514 g/mol. The first kappa shape index (κ1) is 25.5. The fraction of sp³-hybridized carbons (Fsp3) is 0.261. The molecule has 2 heterocycles. The number of halogens is 7. The lowest BCUT2D eigenvalue weighted by Gasteiger charge is -2.36. The highest BCUT2D eigenvalue weighted by molar-refractivity contribution is 6.33. The molecule has 0 radical (unpaired) electrons. The van der Waals surface area contributed by atoms with Crippen molar-refractivity contribution in [3.63, 3.8) is 0 Å². The number of carbonyl (C=O) groups is 1. The molecule has 2 aromatic carbocycles. The molecule has 36 heavy (non-hydrogen) atoms. The highest BCUT2D eigenvalue weighted by atomic mass is 35.5. The second-order valence-electron chi connectivity index (χ2n) is 7.97. The molecule has 0 atom stereocenters. The predicted molar refractivity (Wildman–Crippen MR) is 119 cm³/mol. The maximum absolute atomic E-state index is 13.1. The first-order chi connectivity index (χ1) is 16.9. The van der Waals surface area contributed by atoms with E-state index in [1.807, 2.05) is 0 Å². The summed E-state index contributed by atoms with van der Waals surface area (Å²) >= 11 is 6.29. The van der Waals surface area contributed by atoms with Crippen molar-refractivity contribution in [1.29, 1.82) is 0 Å². The molecule has 0 saturated carbocycles. The lowest BCUT2D eigenvalue weighted by Crippen LogP contribution is -2.49. The van der Waals surface area contributed by atoms with Gasteiger partial charge in [-0.05, 0) is 30.3 Å². The average molecular weight is 531 g/mol. The molecule has 190 valence electrons. The van der Waals surface area contributed by atoms with Crippen LogP contribution in [-0.2, 0) is 12.4 Å². The van der Waals surface area contributed by atoms with Crippen LogP contribution in [0.2, 0.25) is 5.02 Å². The van der Waals surface area contributed by atoms with Crippen molar-refractivity contribution in [2.24, 2.45) is 0 Å². The largest absolute Gasteiger partial charge is 0.416 e. The Morgan fingerprint density at radius 3 is 1.94 bits per heavy atom. The normalized spacial score (nSPS) is 14.8. The maximum atomic E-state index is 13.1. The molecule has 1 aromatic heterocycles. The molecule has 1 fully saturated rings. The Hall–Kier alpha value is -3.54. The first-order valence-electron chi connectivity index (χ1n) is 10.5. The van der Waals surface area contributed by atoms with E-state index in [9.17, 15) is 35.9 Å². The molecule has 3 aromatic rings. The highest BCUT2D eigenvalue weighted by Gasteiger charge is 2.38. The number of para-hydroxylation sites is 1. The lowest BCUT2D eigenvalue weighted by molar-refractivity contribution is -0.143. The van der Waals surface area contributed by atoms with Gasteiger partial charge in [-0.25, -0.2) is 0 Å². The van der Waals surface area contributed by atoms with E-state index in [1.165, 1.54) is 6.20 Å². The van der Waals surface area contributed by atoms with Crippen LogP contribution in [0.15, 0.2) is 59.5 Å². The molecule has 0 N–H and O–H groups in total. The van der Waals surface area contributed by atoms with E-state index in [2.05, 4.69) is 5.10 Å². The number of rotatable bonds is 3. The first-order valence-corrected chi connectivity index (χ1v) is 10.9. The van der Waals surface area contributed by atoms with Crippen LogP contribution in [0.25, 0.3) is 5.69 Å². The van der Waals surface area contributed by atoms with E-state index >= 15 is 0 Å². The number of hydrogen-bond acceptors (Lipinski definition) is 4. The summed E-state index contributed by atoms with van der Waals surface area (Å²) in [6.07, 6.45) is -8.73. The van der Waals surface area contributed by atoms with E-state index < -0.39 is 40.5 Å². The molecule has 1 saturated heterocycles.